The molecule has 1 aromatic rings. The normalized spacial score (nSPS) is 16.9. The van der Waals surface area contributed by atoms with E-state index >= 15 is 0 Å². The number of piperazine rings is 1. The number of benzene rings is 1. The Hall–Kier alpha value is -1.26. The van der Waals surface area contributed by atoms with Crippen molar-refractivity contribution < 1.29 is 4.74 Å². The molecule has 0 atom stereocenters. The lowest BCUT2D eigenvalue weighted by molar-refractivity contribution is 0.260. The van der Waals surface area contributed by atoms with Crippen LogP contribution in [0.25, 0.3) is 0 Å². The number of rotatable bonds is 5. The Bertz CT molecular complexity index is 345. The highest BCUT2D eigenvalue weighted by molar-refractivity contribution is 5.49. The lowest BCUT2D eigenvalue weighted by Gasteiger charge is -2.36. The summed E-state index contributed by atoms with van der Waals surface area (Å²) < 4.78 is 5.18. The summed E-state index contributed by atoms with van der Waals surface area (Å²) >= 11 is 0. The van der Waals surface area contributed by atoms with Crippen LogP contribution >= 0.6 is 0 Å². The maximum Gasteiger partial charge on any atom is 0.119 e. The molecule has 0 aliphatic carbocycles. The number of methoxy groups -OCH3 is 1. The van der Waals surface area contributed by atoms with E-state index in [9.17, 15) is 0 Å². The molecule has 0 aromatic heterocycles. The lowest BCUT2D eigenvalue weighted by atomic mass is 10.2. The predicted molar refractivity (Wildman–Crippen MR) is 75.6 cm³/mol. The van der Waals surface area contributed by atoms with Gasteiger partial charge >= 0.3 is 0 Å². The number of hydrogen-bond acceptors (Lipinski definition) is 4. The van der Waals surface area contributed by atoms with Gasteiger partial charge in [0.2, 0.25) is 0 Å². The van der Waals surface area contributed by atoms with Gasteiger partial charge in [-0.3, -0.25) is 4.90 Å². The minimum Gasteiger partial charge on any atom is -0.497 e. The fourth-order valence-corrected chi connectivity index (χ4v) is 2.29. The van der Waals surface area contributed by atoms with Crippen molar-refractivity contribution >= 4 is 5.69 Å². The summed E-state index contributed by atoms with van der Waals surface area (Å²) in [4.78, 5) is 4.95. The van der Waals surface area contributed by atoms with Gasteiger partial charge in [-0.15, -0.1) is 0 Å². The maximum atomic E-state index is 5.18. The molecule has 0 bridgehead atoms. The molecule has 1 N–H and O–H groups in total. The first-order valence-corrected chi connectivity index (χ1v) is 6.59. The summed E-state index contributed by atoms with van der Waals surface area (Å²) in [6.45, 7) is 6.73. The van der Waals surface area contributed by atoms with E-state index in [0.717, 1.165) is 45.0 Å². The molecule has 1 saturated heterocycles. The summed E-state index contributed by atoms with van der Waals surface area (Å²) in [6, 6.07) is 8.34. The second-order valence-electron chi connectivity index (χ2n) is 4.63. The zero-order valence-electron chi connectivity index (χ0n) is 11.4. The molecule has 100 valence electrons. The Morgan fingerprint density at radius 3 is 2.33 bits per heavy atom. The van der Waals surface area contributed by atoms with Gasteiger partial charge in [0, 0.05) is 45.0 Å². The summed E-state index contributed by atoms with van der Waals surface area (Å²) in [7, 11) is 3.71. The molecular formula is C14H23N3O. The Morgan fingerprint density at radius 2 is 1.78 bits per heavy atom. The van der Waals surface area contributed by atoms with E-state index in [1.165, 1.54) is 5.69 Å². The van der Waals surface area contributed by atoms with Gasteiger partial charge in [-0.2, -0.15) is 0 Å². The predicted octanol–water partition coefficient (Wildman–Crippen LogP) is 1.04. The molecule has 2 rings (SSSR count). The highest BCUT2D eigenvalue weighted by Crippen LogP contribution is 2.20. The van der Waals surface area contributed by atoms with Crippen LogP contribution < -0.4 is 15.0 Å². The van der Waals surface area contributed by atoms with Crippen LogP contribution in [0.4, 0.5) is 5.69 Å². The van der Waals surface area contributed by atoms with Crippen molar-refractivity contribution in [2.75, 3.05) is 58.3 Å². The third-order valence-corrected chi connectivity index (χ3v) is 3.49. The fraction of sp³-hybridized carbons (Fsp3) is 0.571. The van der Waals surface area contributed by atoms with Crippen molar-refractivity contribution in [3.8, 4) is 5.75 Å². The summed E-state index contributed by atoms with van der Waals surface area (Å²) in [5.41, 5.74) is 1.30. The van der Waals surface area contributed by atoms with Crippen LogP contribution in [0.15, 0.2) is 24.3 Å². The first-order chi connectivity index (χ1) is 8.83. The number of nitrogens with zero attached hydrogens (tertiary/aromatic N) is 2. The van der Waals surface area contributed by atoms with Crippen LogP contribution in [-0.2, 0) is 0 Å². The topological polar surface area (TPSA) is 27.7 Å². The first-order valence-electron chi connectivity index (χ1n) is 6.59. The van der Waals surface area contributed by atoms with Crippen LogP contribution in [0.1, 0.15) is 0 Å². The van der Waals surface area contributed by atoms with Gasteiger partial charge in [0.05, 0.1) is 7.11 Å². The van der Waals surface area contributed by atoms with Crippen LogP contribution in [0.2, 0.25) is 0 Å². The Balaban J connectivity index is 1.84. The molecular weight excluding hydrogens is 226 g/mol. The summed E-state index contributed by atoms with van der Waals surface area (Å²) in [6.07, 6.45) is 0. The van der Waals surface area contributed by atoms with Gasteiger partial charge in [-0.05, 0) is 31.3 Å². The number of nitrogens with one attached hydrogen (secondary N) is 1. The monoisotopic (exact) mass is 249 g/mol. The minimum absolute atomic E-state index is 0.923. The Morgan fingerprint density at radius 1 is 1.11 bits per heavy atom. The van der Waals surface area contributed by atoms with E-state index in [2.05, 4.69) is 27.2 Å². The van der Waals surface area contributed by atoms with E-state index in [1.54, 1.807) is 7.11 Å². The average Bonchev–Trinajstić information content (AvgIpc) is 2.46. The second-order valence-corrected chi connectivity index (χ2v) is 4.63. The molecule has 4 nitrogen and oxygen atoms in total. The molecule has 1 aliphatic rings. The van der Waals surface area contributed by atoms with Crippen molar-refractivity contribution in [3.63, 3.8) is 0 Å². The highest BCUT2D eigenvalue weighted by atomic mass is 16.5. The fourth-order valence-electron chi connectivity index (χ4n) is 2.29. The van der Waals surface area contributed by atoms with Crippen molar-refractivity contribution in [3.05, 3.63) is 24.3 Å². The molecule has 0 unspecified atom stereocenters. The van der Waals surface area contributed by atoms with Crippen molar-refractivity contribution in [1.29, 1.82) is 0 Å². The standard InChI is InChI=1S/C14H23N3O/c1-15-7-8-16-9-11-17(12-10-16)13-3-5-14(18-2)6-4-13/h3-6,15H,7-12H2,1-2H3. The van der Waals surface area contributed by atoms with Gasteiger partial charge in [-0.25, -0.2) is 0 Å². The summed E-state index contributed by atoms with van der Waals surface area (Å²) in [5.74, 6) is 0.923. The smallest absolute Gasteiger partial charge is 0.119 e. The lowest BCUT2D eigenvalue weighted by Crippen LogP contribution is -2.48. The SMILES string of the molecule is CNCCN1CCN(c2ccc(OC)cc2)CC1. The van der Waals surface area contributed by atoms with E-state index in [-0.39, 0.29) is 0 Å². The molecule has 1 heterocycles. The number of hydrogen-bond donors (Lipinski definition) is 1. The van der Waals surface area contributed by atoms with Gasteiger partial charge in [-0.1, -0.05) is 0 Å². The molecule has 1 fully saturated rings. The molecule has 18 heavy (non-hydrogen) atoms. The number of anilines is 1. The van der Waals surface area contributed by atoms with Gasteiger partial charge < -0.3 is 15.0 Å². The van der Waals surface area contributed by atoms with E-state index < -0.39 is 0 Å². The van der Waals surface area contributed by atoms with Gasteiger partial charge in [0.15, 0.2) is 0 Å². The largest absolute Gasteiger partial charge is 0.497 e. The molecule has 1 aliphatic heterocycles. The Kier molecular flexibility index (Phi) is 4.84. The quantitative estimate of drug-likeness (QED) is 0.844. The van der Waals surface area contributed by atoms with Crippen LogP contribution in [0, 0.1) is 0 Å². The second kappa shape index (κ2) is 6.61. The zero-order valence-corrected chi connectivity index (χ0v) is 11.4. The average molecular weight is 249 g/mol. The number of likely N-dealkylation sites (N-methyl/N-ethyl adjacent to an activating group) is 1. The van der Waals surface area contributed by atoms with Crippen LogP contribution in [0.5, 0.6) is 5.75 Å². The minimum atomic E-state index is 0.923. The van der Waals surface area contributed by atoms with E-state index in [0.29, 0.717) is 0 Å². The van der Waals surface area contributed by atoms with Crippen molar-refractivity contribution in [2.45, 2.75) is 0 Å². The zero-order chi connectivity index (χ0) is 12.8. The van der Waals surface area contributed by atoms with Crippen LogP contribution in [-0.4, -0.2) is 58.3 Å². The third kappa shape index (κ3) is 3.37. The summed E-state index contributed by atoms with van der Waals surface area (Å²) in [5, 5.41) is 3.20. The maximum absolute atomic E-state index is 5.18. The Labute approximate surface area is 110 Å². The van der Waals surface area contributed by atoms with E-state index in [4.69, 9.17) is 4.74 Å². The molecule has 0 radical (unpaired) electrons. The van der Waals surface area contributed by atoms with Crippen molar-refractivity contribution in [1.82, 2.24) is 10.2 Å². The highest BCUT2D eigenvalue weighted by Gasteiger charge is 2.16. The third-order valence-electron chi connectivity index (χ3n) is 3.49. The molecule has 0 saturated carbocycles. The van der Waals surface area contributed by atoms with Crippen molar-refractivity contribution in [2.24, 2.45) is 0 Å². The molecule has 1 aromatic carbocycles. The molecule has 0 spiro atoms. The molecule has 0 amide bonds. The van der Waals surface area contributed by atoms with E-state index in [1.807, 2.05) is 19.2 Å². The molecule has 4 heteroatoms. The first kappa shape index (κ1) is 13.2. The number of ether oxygens (including phenoxy) is 1. The van der Waals surface area contributed by atoms with Crippen LogP contribution in [0.3, 0.4) is 0 Å². The van der Waals surface area contributed by atoms with Gasteiger partial charge in [0.1, 0.15) is 5.75 Å². The van der Waals surface area contributed by atoms with Gasteiger partial charge in [0.25, 0.3) is 0 Å².